The molecule has 0 bridgehead atoms. The quantitative estimate of drug-likeness (QED) is 0.343. The lowest BCUT2D eigenvalue weighted by Crippen LogP contribution is -2.33. The van der Waals surface area contributed by atoms with Crippen molar-refractivity contribution in [1.29, 1.82) is 0 Å². The van der Waals surface area contributed by atoms with E-state index in [2.05, 4.69) is 5.32 Å². The largest absolute Gasteiger partial charge is 0.461 e. The highest BCUT2D eigenvalue weighted by atomic mass is 35.5. The van der Waals surface area contributed by atoms with Crippen molar-refractivity contribution in [3.63, 3.8) is 0 Å². The summed E-state index contributed by atoms with van der Waals surface area (Å²) in [5.74, 6) is -3.17. The first-order valence-electron chi connectivity index (χ1n) is 12.3. The fourth-order valence-corrected chi connectivity index (χ4v) is 5.39. The SMILES string of the molecule is CC1(C)CC(=O)c2c(C(F)(F)F)cn(-c3cc(F)c(C(N)=O)c(N[C@H]4CC[C@H](OC(=O)CN)CC4)c3)c2C1.Cl. The summed E-state index contributed by atoms with van der Waals surface area (Å²) in [5, 5.41) is 3.10. The Bertz CT molecular complexity index is 1280. The number of nitrogens with two attached hydrogens (primary N) is 2. The number of carbonyl (C=O) groups excluding carboxylic acids is 3. The number of nitrogens with zero attached hydrogens (tertiary/aromatic N) is 1. The molecule has 0 saturated heterocycles. The maximum atomic E-state index is 15.2. The van der Waals surface area contributed by atoms with Crippen LogP contribution in [0.1, 0.15) is 77.9 Å². The number of anilines is 1. The molecule has 1 fully saturated rings. The van der Waals surface area contributed by atoms with Crippen molar-refractivity contribution in [3.8, 4) is 5.69 Å². The first-order valence-corrected chi connectivity index (χ1v) is 12.3. The number of alkyl halides is 3. The third kappa shape index (κ3) is 6.38. The van der Waals surface area contributed by atoms with Crippen LogP contribution in [0.25, 0.3) is 5.69 Å². The van der Waals surface area contributed by atoms with Gasteiger partial charge in [0.25, 0.3) is 5.91 Å². The molecule has 0 spiro atoms. The maximum absolute atomic E-state index is 15.2. The van der Waals surface area contributed by atoms with Gasteiger partial charge in [-0.3, -0.25) is 14.4 Å². The summed E-state index contributed by atoms with van der Waals surface area (Å²) >= 11 is 0. The van der Waals surface area contributed by atoms with Crippen LogP contribution in [0.3, 0.4) is 0 Å². The highest BCUT2D eigenvalue weighted by Crippen LogP contribution is 2.43. The second-order valence-corrected chi connectivity index (χ2v) is 10.7. The Morgan fingerprint density at radius 1 is 1.15 bits per heavy atom. The number of ketones is 1. The molecule has 8 nitrogen and oxygen atoms in total. The number of benzene rings is 1. The molecule has 1 heterocycles. The molecule has 0 unspecified atom stereocenters. The predicted molar refractivity (Wildman–Crippen MR) is 138 cm³/mol. The van der Waals surface area contributed by atoms with Gasteiger partial charge in [0.05, 0.1) is 34.6 Å². The summed E-state index contributed by atoms with van der Waals surface area (Å²) in [5.41, 5.74) is 8.42. The minimum Gasteiger partial charge on any atom is -0.461 e. The number of ether oxygens (including phenoxy) is 1. The van der Waals surface area contributed by atoms with Crippen molar-refractivity contribution < 1.29 is 36.7 Å². The van der Waals surface area contributed by atoms with Crippen molar-refractivity contribution in [3.05, 3.63) is 46.5 Å². The number of halogens is 5. The zero-order chi connectivity index (χ0) is 28.0. The van der Waals surface area contributed by atoms with Crippen LogP contribution in [0, 0.1) is 11.2 Å². The van der Waals surface area contributed by atoms with Gasteiger partial charge in [0, 0.05) is 24.4 Å². The van der Waals surface area contributed by atoms with Gasteiger partial charge in [-0.15, -0.1) is 12.4 Å². The second-order valence-electron chi connectivity index (χ2n) is 10.7. The van der Waals surface area contributed by atoms with Gasteiger partial charge in [-0.05, 0) is 49.7 Å². The smallest absolute Gasteiger partial charge is 0.418 e. The van der Waals surface area contributed by atoms with Crippen LogP contribution in [0.4, 0.5) is 23.2 Å². The molecule has 1 amide bonds. The molecular weight excluding hydrogens is 544 g/mol. The summed E-state index contributed by atoms with van der Waals surface area (Å²) in [4.78, 5) is 36.3. The maximum Gasteiger partial charge on any atom is 0.418 e. The van der Waals surface area contributed by atoms with E-state index in [0.717, 1.165) is 12.3 Å². The molecule has 2 aliphatic rings. The van der Waals surface area contributed by atoms with E-state index in [1.165, 1.54) is 10.6 Å². The van der Waals surface area contributed by atoms with Crippen LogP contribution in [-0.4, -0.2) is 40.9 Å². The second kappa shape index (κ2) is 11.2. The van der Waals surface area contributed by atoms with Crippen molar-refractivity contribution in [2.24, 2.45) is 16.9 Å². The Kier molecular flexibility index (Phi) is 8.71. The average Bonchev–Trinajstić information content (AvgIpc) is 3.19. The molecule has 1 saturated carbocycles. The van der Waals surface area contributed by atoms with Gasteiger partial charge in [0.15, 0.2) is 5.78 Å². The van der Waals surface area contributed by atoms with Crippen molar-refractivity contribution in [2.75, 3.05) is 11.9 Å². The number of esters is 1. The summed E-state index contributed by atoms with van der Waals surface area (Å²) in [6, 6.07) is 2.08. The number of primary amides is 1. The van der Waals surface area contributed by atoms with Crippen LogP contribution >= 0.6 is 12.4 Å². The topological polar surface area (TPSA) is 129 Å². The van der Waals surface area contributed by atoms with Crippen molar-refractivity contribution >= 4 is 35.8 Å². The lowest BCUT2D eigenvalue weighted by molar-refractivity contribution is -0.148. The highest BCUT2D eigenvalue weighted by Gasteiger charge is 2.43. The Morgan fingerprint density at radius 2 is 1.79 bits per heavy atom. The van der Waals surface area contributed by atoms with E-state index in [-0.39, 0.29) is 61.0 Å². The van der Waals surface area contributed by atoms with Crippen LogP contribution in [0.5, 0.6) is 0 Å². The molecule has 0 aliphatic heterocycles. The molecule has 2 aliphatic carbocycles. The minimum atomic E-state index is -4.79. The molecule has 2 aromatic rings. The number of carbonyl (C=O) groups is 3. The van der Waals surface area contributed by atoms with Crippen LogP contribution in [0.2, 0.25) is 0 Å². The van der Waals surface area contributed by atoms with E-state index in [9.17, 15) is 27.6 Å². The fraction of sp³-hybridized carbons (Fsp3) is 0.500. The molecule has 1 aromatic carbocycles. The van der Waals surface area contributed by atoms with Crippen LogP contribution < -0.4 is 16.8 Å². The van der Waals surface area contributed by atoms with E-state index in [1.54, 1.807) is 13.8 Å². The van der Waals surface area contributed by atoms with Crippen LogP contribution in [-0.2, 0) is 22.1 Å². The average molecular weight is 575 g/mol. The van der Waals surface area contributed by atoms with Gasteiger partial charge < -0.3 is 26.1 Å². The Hall–Kier alpha value is -3.12. The highest BCUT2D eigenvalue weighted by molar-refractivity contribution is 6.01. The van der Waals surface area contributed by atoms with E-state index in [4.69, 9.17) is 16.2 Å². The van der Waals surface area contributed by atoms with Gasteiger partial charge in [0.1, 0.15) is 11.9 Å². The summed E-state index contributed by atoms with van der Waals surface area (Å²) in [6.45, 7) is 3.33. The molecule has 5 N–H and O–H groups in total. The Labute approximate surface area is 228 Å². The van der Waals surface area contributed by atoms with Crippen molar-refractivity contribution in [2.45, 2.75) is 70.7 Å². The van der Waals surface area contributed by atoms with E-state index < -0.39 is 51.8 Å². The van der Waals surface area contributed by atoms with Gasteiger partial charge in [0.2, 0.25) is 0 Å². The summed E-state index contributed by atoms with van der Waals surface area (Å²) < 4.78 is 63.3. The fourth-order valence-electron chi connectivity index (χ4n) is 5.39. The first kappa shape index (κ1) is 30.4. The third-order valence-corrected chi connectivity index (χ3v) is 7.07. The first-order chi connectivity index (χ1) is 17.7. The Balaban J connectivity index is 0.00000420. The number of Topliss-reactive ketones (excluding diaryl/α,β-unsaturated/α-hetero) is 1. The van der Waals surface area contributed by atoms with Gasteiger partial charge >= 0.3 is 12.1 Å². The molecule has 39 heavy (non-hydrogen) atoms. The molecule has 13 heteroatoms. The third-order valence-electron chi connectivity index (χ3n) is 7.07. The van der Waals surface area contributed by atoms with E-state index >= 15 is 4.39 Å². The number of aromatic nitrogens is 1. The standard InChI is InChI=1S/C26H30F4N4O4.ClH/c1-25(2)9-19-22(20(35)10-25)16(26(28,29)30)12-34(19)14-7-17(27)23(24(32)37)18(8-14)33-13-3-5-15(6-4-13)38-21(36)11-31;/h7-8,12-13,15,33H,3-6,9-11,31H2,1-2H3,(H2,32,37);1H/t13-,15-;. The zero-order valence-corrected chi connectivity index (χ0v) is 22.3. The zero-order valence-electron chi connectivity index (χ0n) is 21.5. The lowest BCUT2D eigenvalue weighted by Gasteiger charge is -2.31. The van der Waals surface area contributed by atoms with Gasteiger partial charge in [-0.25, -0.2) is 4.39 Å². The molecule has 4 rings (SSSR count). The monoisotopic (exact) mass is 574 g/mol. The summed E-state index contributed by atoms with van der Waals surface area (Å²) in [6.07, 6.45) is -2.11. The number of amides is 1. The van der Waals surface area contributed by atoms with E-state index in [0.29, 0.717) is 25.7 Å². The Morgan fingerprint density at radius 3 is 2.36 bits per heavy atom. The number of hydrogen-bond donors (Lipinski definition) is 3. The molecular formula is C26H31ClF4N4O4. The molecule has 1 aromatic heterocycles. The van der Waals surface area contributed by atoms with Crippen molar-refractivity contribution in [1.82, 2.24) is 4.57 Å². The molecule has 0 atom stereocenters. The number of rotatable bonds is 6. The van der Waals surface area contributed by atoms with Gasteiger partial charge in [-0.1, -0.05) is 13.8 Å². The van der Waals surface area contributed by atoms with Crippen LogP contribution in [0.15, 0.2) is 18.3 Å². The molecule has 214 valence electrons. The molecule has 0 radical (unpaired) electrons. The van der Waals surface area contributed by atoms with Gasteiger partial charge in [-0.2, -0.15) is 13.2 Å². The summed E-state index contributed by atoms with van der Waals surface area (Å²) in [7, 11) is 0. The number of hydrogen-bond acceptors (Lipinski definition) is 6. The number of nitrogens with one attached hydrogen (secondary N) is 1. The normalized spacial score (nSPS) is 20.5. The lowest BCUT2D eigenvalue weighted by atomic mass is 9.75. The van der Waals surface area contributed by atoms with E-state index in [1.807, 2.05) is 0 Å². The number of fused-ring (bicyclic) bond motifs is 1. The minimum absolute atomic E-state index is 0. The predicted octanol–water partition coefficient (Wildman–Crippen LogP) is 4.54.